The first-order chi connectivity index (χ1) is 11.2. The summed E-state index contributed by atoms with van der Waals surface area (Å²) in [5.41, 5.74) is 2.20. The Morgan fingerprint density at radius 1 is 1.35 bits per heavy atom. The minimum atomic E-state index is -0.169. The first-order valence-electron chi connectivity index (χ1n) is 7.67. The van der Waals surface area contributed by atoms with Crippen molar-refractivity contribution < 1.29 is 13.7 Å². The number of carbonyl (C=O) groups is 1. The molecule has 1 amide bonds. The Labute approximate surface area is 132 Å². The number of nitrogens with zero attached hydrogens (tertiary/aromatic N) is 4. The Morgan fingerprint density at radius 3 is 3.09 bits per heavy atom. The van der Waals surface area contributed by atoms with Crippen molar-refractivity contribution in [2.24, 2.45) is 0 Å². The van der Waals surface area contributed by atoms with Crippen LogP contribution in [0.1, 0.15) is 47.4 Å². The predicted octanol–water partition coefficient (Wildman–Crippen LogP) is 2.89. The lowest BCUT2D eigenvalue weighted by atomic mass is 10.0. The molecule has 4 rings (SSSR count). The molecule has 0 spiro atoms. The van der Waals surface area contributed by atoms with Crippen LogP contribution >= 0.6 is 0 Å². The highest BCUT2D eigenvalue weighted by molar-refractivity contribution is 5.95. The molecule has 3 aromatic heterocycles. The monoisotopic (exact) mass is 312 g/mol. The molecule has 0 N–H and O–H groups in total. The first-order valence-corrected chi connectivity index (χ1v) is 7.67. The molecule has 0 aromatic carbocycles. The third-order valence-corrected chi connectivity index (χ3v) is 4.16. The number of piperidine rings is 1. The molecule has 4 heterocycles. The van der Waals surface area contributed by atoms with Crippen molar-refractivity contribution in [2.45, 2.75) is 32.2 Å². The van der Waals surface area contributed by atoms with E-state index in [1.54, 1.807) is 11.0 Å². The van der Waals surface area contributed by atoms with E-state index in [1.165, 1.54) is 6.39 Å². The topological polar surface area (TPSA) is 85.3 Å². The van der Waals surface area contributed by atoms with Crippen LogP contribution in [-0.2, 0) is 0 Å². The van der Waals surface area contributed by atoms with Crippen LogP contribution in [0.4, 0.5) is 0 Å². The quantitative estimate of drug-likeness (QED) is 0.723. The molecule has 1 atom stereocenters. The summed E-state index contributed by atoms with van der Waals surface area (Å²) in [6, 6.07) is 5.23. The van der Waals surface area contributed by atoms with Gasteiger partial charge < -0.3 is 13.8 Å². The number of hydrogen-bond donors (Lipinski definition) is 0. The summed E-state index contributed by atoms with van der Waals surface area (Å²) in [6.07, 6.45) is 4.10. The highest BCUT2D eigenvalue weighted by Crippen LogP contribution is 2.31. The molecule has 7 nitrogen and oxygen atoms in total. The van der Waals surface area contributed by atoms with Gasteiger partial charge in [0.05, 0.1) is 6.04 Å². The summed E-state index contributed by atoms with van der Waals surface area (Å²) in [5, 5.41) is 3.90. The molecule has 1 fully saturated rings. The summed E-state index contributed by atoms with van der Waals surface area (Å²) in [4.78, 5) is 23.1. The van der Waals surface area contributed by atoms with E-state index in [-0.39, 0.29) is 11.9 Å². The number of hydrogen-bond acceptors (Lipinski definition) is 6. The molecular weight excluding hydrogens is 296 g/mol. The van der Waals surface area contributed by atoms with Gasteiger partial charge in [0.1, 0.15) is 5.52 Å². The summed E-state index contributed by atoms with van der Waals surface area (Å²) in [7, 11) is 0. The zero-order valence-corrected chi connectivity index (χ0v) is 12.7. The van der Waals surface area contributed by atoms with Crippen molar-refractivity contribution in [3.8, 4) is 0 Å². The number of carbonyl (C=O) groups excluding carboxylic acids is 1. The maximum atomic E-state index is 12.9. The predicted molar refractivity (Wildman–Crippen MR) is 80.7 cm³/mol. The van der Waals surface area contributed by atoms with E-state index in [1.807, 2.05) is 19.1 Å². The fraction of sp³-hybridized carbons (Fsp3) is 0.375. The van der Waals surface area contributed by atoms with Gasteiger partial charge in [-0.15, -0.1) is 0 Å². The maximum absolute atomic E-state index is 12.9. The van der Waals surface area contributed by atoms with E-state index in [4.69, 9.17) is 8.94 Å². The smallest absolute Gasteiger partial charge is 0.290 e. The molecule has 0 bridgehead atoms. The van der Waals surface area contributed by atoms with Crippen LogP contribution in [-0.4, -0.2) is 32.5 Å². The molecule has 0 radical (unpaired) electrons. The molecule has 3 aromatic rings. The highest BCUT2D eigenvalue weighted by atomic mass is 16.5. The van der Waals surface area contributed by atoms with Crippen LogP contribution in [0.5, 0.6) is 0 Å². The number of likely N-dealkylation sites (tertiary alicyclic amines) is 1. The van der Waals surface area contributed by atoms with Gasteiger partial charge in [-0.1, -0.05) is 5.16 Å². The minimum Gasteiger partial charge on any atom is -0.449 e. The van der Waals surface area contributed by atoms with Gasteiger partial charge in [0.25, 0.3) is 5.91 Å². The number of aryl methyl sites for hydroxylation is 1. The average Bonchev–Trinajstić information content (AvgIpc) is 3.23. The Hall–Kier alpha value is -2.70. The van der Waals surface area contributed by atoms with E-state index in [2.05, 4.69) is 15.1 Å². The zero-order chi connectivity index (χ0) is 15.8. The van der Waals surface area contributed by atoms with E-state index >= 15 is 0 Å². The third kappa shape index (κ3) is 2.48. The van der Waals surface area contributed by atoms with Gasteiger partial charge in [-0.05, 0) is 38.3 Å². The van der Waals surface area contributed by atoms with Gasteiger partial charge in [0.15, 0.2) is 17.2 Å². The molecule has 118 valence electrons. The second-order valence-electron chi connectivity index (χ2n) is 5.75. The second kappa shape index (κ2) is 5.49. The van der Waals surface area contributed by atoms with Crippen molar-refractivity contribution >= 4 is 17.0 Å². The summed E-state index contributed by atoms with van der Waals surface area (Å²) < 4.78 is 10.5. The van der Waals surface area contributed by atoms with Crippen LogP contribution in [0, 0.1) is 6.92 Å². The number of fused-ring (bicyclic) bond motifs is 1. The van der Waals surface area contributed by atoms with E-state index in [0.717, 1.165) is 25.0 Å². The van der Waals surface area contributed by atoms with Crippen LogP contribution in [0.15, 0.2) is 33.5 Å². The van der Waals surface area contributed by atoms with Gasteiger partial charge in [-0.3, -0.25) is 4.79 Å². The fourth-order valence-electron chi connectivity index (χ4n) is 3.04. The molecule has 0 saturated carbocycles. The van der Waals surface area contributed by atoms with Gasteiger partial charge in [0, 0.05) is 18.3 Å². The molecular formula is C16H16N4O3. The standard InChI is InChI=1S/C16H16N4O3/c1-10-5-6-13-11(18-10)8-14(23-13)16(21)20-7-3-2-4-12(20)15-17-9-22-19-15/h5-6,8-9,12H,2-4,7H2,1H3. The van der Waals surface area contributed by atoms with Gasteiger partial charge in [-0.25, -0.2) is 4.98 Å². The molecule has 0 aliphatic carbocycles. The number of pyridine rings is 1. The highest BCUT2D eigenvalue weighted by Gasteiger charge is 2.33. The number of aromatic nitrogens is 3. The zero-order valence-electron chi connectivity index (χ0n) is 12.7. The van der Waals surface area contributed by atoms with E-state index in [9.17, 15) is 4.79 Å². The SMILES string of the molecule is Cc1ccc2oc(C(=O)N3CCCCC3c3ncon3)cc2n1. The van der Waals surface area contributed by atoms with Crippen LogP contribution in [0.25, 0.3) is 11.1 Å². The normalized spacial score (nSPS) is 18.5. The number of amides is 1. The third-order valence-electron chi connectivity index (χ3n) is 4.16. The minimum absolute atomic E-state index is 0.157. The lowest BCUT2D eigenvalue weighted by Crippen LogP contribution is -2.38. The number of furan rings is 1. The molecule has 1 saturated heterocycles. The second-order valence-corrected chi connectivity index (χ2v) is 5.75. The van der Waals surface area contributed by atoms with Crippen molar-refractivity contribution in [3.05, 3.63) is 41.9 Å². The Bertz CT molecular complexity index is 840. The Kier molecular flexibility index (Phi) is 3.33. The molecule has 7 heteroatoms. The van der Waals surface area contributed by atoms with Crippen LogP contribution in [0.2, 0.25) is 0 Å². The summed E-state index contributed by atoms with van der Waals surface area (Å²) in [6.45, 7) is 2.56. The summed E-state index contributed by atoms with van der Waals surface area (Å²) in [5.74, 6) is 0.687. The van der Waals surface area contributed by atoms with Crippen LogP contribution in [0.3, 0.4) is 0 Å². The lowest BCUT2D eigenvalue weighted by molar-refractivity contribution is 0.0566. The summed E-state index contributed by atoms with van der Waals surface area (Å²) >= 11 is 0. The van der Waals surface area contributed by atoms with Gasteiger partial charge in [0.2, 0.25) is 6.39 Å². The Balaban J connectivity index is 1.67. The maximum Gasteiger partial charge on any atom is 0.290 e. The lowest BCUT2D eigenvalue weighted by Gasteiger charge is -2.33. The fourth-order valence-corrected chi connectivity index (χ4v) is 3.04. The van der Waals surface area contributed by atoms with Crippen molar-refractivity contribution in [2.75, 3.05) is 6.54 Å². The average molecular weight is 312 g/mol. The van der Waals surface area contributed by atoms with Gasteiger partial charge in [-0.2, -0.15) is 4.98 Å². The van der Waals surface area contributed by atoms with Crippen molar-refractivity contribution in [1.29, 1.82) is 0 Å². The number of rotatable bonds is 2. The van der Waals surface area contributed by atoms with Crippen molar-refractivity contribution in [3.63, 3.8) is 0 Å². The van der Waals surface area contributed by atoms with Crippen LogP contribution < -0.4 is 0 Å². The van der Waals surface area contributed by atoms with Gasteiger partial charge >= 0.3 is 0 Å². The van der Waals surface area contributed by atoms with E-state index in [0.29, 0.717) is 29.2 Å². The van der Waals surface area contributed by atoms with Crippen molar-refractivity contribution in [1.82, 2.24) is 20.0 Å². The largest absolute Gasteiger partial charge is 0.449 e. The van der Waals surface area contributed by atoms with E-state index < -0.39 is 0 Å². The molecule has 1 aliphatic rings. The molecule has 1 aliphatic heterocycles. The molecule has 23 heavy (non-hydrogen) atoms. The Morgan fingerprint density at radius 2 is 2.26 bits per heavy atom. The molecule has 1 unspecified atom stereocenters. The first kappa shape index (κ1) is 13.9.